The second-order valence-corrected chi connectivity index (χ2v) is 8.26. The van der Waals surface area contributed by atoms with Crippen molar-refractivity contribution in [1.29, 1.82) is 0 Å². The number of thiocarbonyl (C=S) groups is 1. The molecule has 1 aliphatic heterocycles. The van der Waals surface area contributed by atoms with Gasteiger partial charge in [-0.1, -0.05) is 45.7 Å². The van der Waals surface area contributed by atoms with E-state index >= 15 is 0 Å². The SMILES string of the molecule is Cc1c(Cl)cccc1N1C(=O)/C(=C/c2ccc(-c3cccc(Br)c3)o2)C(=O)NC1=S. The van der Waals surface area contributed by atoms with Crippen LogP contribution in [0.1, 0.15) is 11.3 Å². The van der Waals surface area contributed by atoms with Gasteiger partial charge in [0.1, 0.15) is 17.1 Å². The van der Waals surface area contributed by atoms with Gasteiger partial charge in [-0.05, 0) is 67.2 Å². The molecule has 1 N–H and O–H groups in total. The summed E-state index contributed by atoms with van der Waals surface area (Å²) in [5.41, 5.74) is 1.97. The third kappa shape index (κ3) is 3.84. The summed E-state index contributed by atoms with van der Waals surface area (Å²) in [7, 11) is 0. The molecule has 1 aliphatic rings. The van der Waals surface area contributed by atoms with Crippen molar-refractivity contribution in [2.24, 2.45) is 0 Å². The molecule has 0 spiro atoms. The van der Waals surface area contributed by atoms with Crippen LogP contribution in [0.15, 0.2) is 69.1 Å². The molecule has 3 aromatic rings. The summed E-state index contributed by atoms with van der Waals surface area (Å²) in [5, 5.41) is 3.06. The maximum absolute atomic E-state index is 13.2. The summed E-state index contributed by atoms with van der Waals surface area (Å²) < 4.78 is 6.75. The first-order valence-electron chi connectivity index (χ1n) is 8.87. The lowest BCUT2D eigenvalue weighted by Crippen LogP contribution is -2.54. The topological polar surface area (TPSA) is 62.6 Å². The predicted octanol–water partition coefficient (Wildman–Crippen LogP) is 5.50. The second-order valence-electron chi connectivity index (χ2n) is 6.55. The average Bonchev–Trinajstić information content (AvgIpc) is 3.17. The number of nitrogens with one attached hydrogen (secondary N) is 1. The van der Waals surface area contributed by atoms with Crippen LogP contribution in [0, 0.1) is 6.92 Å². The van der Waals surface area contributed by atoms with E-state index in [0.717, 1.165) is 10.0 Å². The van der Waals surface area contributed by atoms with Crippen molar-refractivity contribution < 1.29 is 14.0 Å². The van der Waals surface area contributed by atoms with Crippen molar-refractivity contribution in [3.63, 3.8) is 0 Å². The lowest BCUT2D eigenvalue weighted by molar-refractivity contribution is -0.122. The molecule has 0 bridgehead atoms. The molecule has 2 heterocycles. The molecule has 1 aromatic heterocycles. The summed E-state index contributed by atoms with van der Waals surface area (Å²) in [4.78, 5) is 26.9. The van der Waals surface area contributed by atoms with Crippen LogP contribution in [0.25, 0.3) is 17.4 Å². The maximum atomic E-state index is 13.2. The molecule has 0 aliphatic carbocycles. The highest BCUT2D eigenvalue weighted by molar-refractivity contribution is 9.10. The van der Waals surface area contributed by atoms with E-state index in [2.05, 4.69) is 21.2 Å². The molecule has 1 fully saturated rings. The zero-order valence-corrected chi connectivity index (χ0v) is 18.8. The van der Waals surface area contributed by atoms with Gasteiger partial charge in [-0.25, -0.2) is 0 Å². The Labute approximate surface area is 191 Å². The molecule has 30 heavy (non-hydrogen) atoms. The van der Waals surface area contributed by atoms with Gasteiger partial charge in [-0.3, -0.25) is 19.8 Å². The summed E-state index contributed by atoms with van der Waals surface area (Å²) in [5.74, 6) is -0.139. The smallest absolute Gasteiger partial charge is 0.270 e. The van der Waals surface area contributed by atoms with E-state index in [9.17, 15) is 9.59 Å². The Bertz CT molecular complexity index is 1230. The zero-order chi connectivity index (χ0) is 21.4. The molecule has 4 rings (SSSR count). The third-order valence-corrected chi connectivity index (χ3v) is 5.79. The van der Waals surface area contributed by atoms with Crippen molar-refractivity contribution in [3.8, 4) is 11.3 Å². The fraction of sp³-hybridized carbons (Fsp3) is 0.0455. The minimum atomic E-state index is -0.582. The van der Waals surface area contributed by atoms with Gasteiger partial charge in [-0.15, -0.1) is 0 Å². The summed E-state index contributed by atoms with van der Waals surface area (Å²) in [6.45, 7) is 1.78. The van der Waals surface area contributed by atoms with Gasteiger partial charge in [0, 0.05) is 15.1 Å². The second kappa shape index (κ2) is 8.18. The van der Waals surface area contributed by atoms with E-state index in [1.54, 1.807) is 37.3 Å². The lowest BCUT2D eigenvalue weighted by Gasteiger charge is -2.30. The molecule has 0 atom stereocenters. The largest absolute Gasteiger partial charge is 0.457 e. The van der Waals surface area contributed by atoms with E-state index < -0.39 is 11.8 Å². The Kier molecular flexibility index (Phi) is 5.60. The van der Waals surface area contributed by atoms with E-state index in [1.165, 1.54) is 11.0 Å². The standard InChI is InChI=1S/C22H14BrClN2O3S/c1-12-17(24)6-3-7-18(12)26-21(28)16(20(27)25-22(26)30)11-15-8-9-19(29-15)13-4-2-5-14(23)10-13/h2-11H,1H3,(H,25,27,30)/b16-11+. The van der Waals surface area contributed by atoms with Gasteiger partial charge < -0.3 is 4.42 Å². The number of rotatable bonds is 3. The molecule has 150 valence electrons. The summed E-state index contributed by atoms with van der Waals surface area (Å²) in [6, 6.07) is 16.3. The van der Waals surface area contributed by atoms with Crippen LogP contribution in [0.3, 0.4) is 0 Å². The van der Waals surface area contributed by atoms with Crippen molar-refractivity contribution in [1.82, 2.24) is 5.32 Å². The number of furan rings is 1. The number of benzene rings is 2. The van der Waals surface area contributed by atoms with Crippen molar-refractivity contribution >= 4 is 68.4 Å². The van der Waals surface area contributed by atoms with E-state index in [1.807, 2.05) is 24.3 Å². The molecule has 8 heteroatoms. The van der Waals surface area contributed by atoms with E-state index in [0.29, 0.717) is 27.8 Å². The Hall–Kier alpha value is -2.74. The fourth-order valence-electron chi connectivity index (χ4n) is 3.08. The van der Waals surface area contributed by atoms with Crippen LogP contribution < -0.4 is 10.2 Å². The number of halogens is 2. The highest BCUT2D eigenvalue weighted by atomic mass is 79.9. The number of carbonyl (C=O) groups excluding carboxylic acids is 2. The summed E-state index contributed by atoms with van der Waals surface area (Å²) >= 11 is 14.9. The van der Waals surface area contributed by atoms with Crippen LogP contribution in [-0.2, 0) is 9.59 Å². The number of hydrogen-bond donors (Lipinski definition) is 1. The van der Waals surface area contributed by atoms with Crippen LogP contribution in [-0.4, -0.2) is 16.9 Å². The number of hydrogen-bond acceptors (Lipinski definition) is 4. The molecule has 5 nitrogen and oxygen atoms in total. The molecule has 0 radical (unpaired) electrons. The van der Waals surface area contributed by atoms with Gasteiger partial charge in [0.2, 0.25) is 0 Å². The summed E-state index contributed by atoms with van der Waals surface area (Å²) in [6.07, 6.45) is 1.41. The van der Waals surface area contributed by atoms with E-state index in [-0.39, 0.29) is 10.7 Å². The third-order valence-electron chi connectivity index (χ3n) is 4.60. The molecule has 0 saturated carbocycles. The maximum Gasteiger partial charge on any atom is 0.270 e. The highest BCUT2D eigenvalue weighted by Crippen LogP contribution is 2.30. The highest BCUT2D eigenvalue weighted by Gasteiger charge is 2.35. The molecule has 0 unspecified atom stereocenters. The number of carbonyl (C=O) groups is 2. The predicted molar refractivity (Wildman–Crippen MR) is 124 cm³/mol. The molecule has 2 amide bonds. The number of amides is 2. The van der Waals surface area contributed by atoms with E-state index in [4.69, 9.17) is 28.2 Å². The number of anilines is 1. The van der Waals surface area contributed by atoms with Gasteiger partial charge in [0.05, 0.1) is 5.69 Å². The number of nitrogens with zero attached hydrogens (tertiary/aromatic N) is 1. The van der Waals surface area contributed by atoms with Crippen molar-refractivity contribution in [3.05, 3.63) is 81.0 Å². The van der Waals surface area contributed by atoms with Gasteiger partial charge in [-0.2, -0.15) is 0 Å². The quantitative estimate of drug-likeness (QED) is 0.292. The van der Waals surface area contributed by atoms with Crippen LogP contribution in [0.5, 0.6) is 0 Å². The lowest BCUT2D eigenvalue weighted by atomic mass is 10.1. The first kappa shape index (κ1) is 20.5. The Morgan fingerprint density at radius 2 is 1.90 bits per heavy atom. The fourth-order valence-corrected chi connectivity index (χ4v) is 3.93. The Morgan fingerprint density at radius 1 is 1.13 bits per heavy atom. The monoisotopic (exact) mass is 500 g/mol. The Morgan fingerprint density at radius 3 is 2.67 bits per heavy atom. The minimum absolute atomic E-state index is 0.00165. The van der Waals surface area contributed by atoms with Gasteiger partial charge in [0.25, 0.3) is 11.8 Å². The molecule has 2 aromatic carbocycles. The van der Waals surface area contributed by atoms with Crippen molar-refractivity contribution in [2.45, 2.75) is 6.92 Å². The molecular weight excluding hydrogens is 488 g/mol. The Balaban J connectivity index is 1.71. The zero-order valence-electron chi connectivity index (χ0n) is 15.6. The van der Waals surface area contributed by atoms with Crippen molar-refractivity contribution in [2.75, 3.05) is 4.90 Å². The average molecular weight is 502 g/mol. The van der Waals surface area contributed by atoms with Gasteiger partial charge >= 0.3 is 0 Å². The molecule has 1 saturated heterocycles. The van der Waals surface area contributed by atoms with Crippen LogP contribution in [0.2, 0.25) is 5.02 Å². The first-order valence-corrected chi connectivity index (χ1v) is 10.5. The molecular formula is C22H14BrClN2O3S. The van der Waals surface area contributed by atoms with Crippen LogP contribution >= 0.6 is 39.7 Å². The first-order chi connectivity index (χ1) is 14.3. The van der Waals surface area contributed by atoms with Crippen LogP contribution in [0.4, 0.5) is 5.69 Å². The minimum Gasteiger partial charge on any atom is -0.457 e. The normalized spacial score (nSPS) is 15.6. The van der Waals surface area contributed by atoms with Gasteiger partial charge in [0.15, 0.2) is 5.11 Å².